The number of ether oxygens (including phenoxy) is 1. The van der Waals surface area contributed by atoms with Gasteiger partial charge in [-0.25, -0.2) is 0 Å². The molecule has 3 amide bonds. The lowest BCUT2D eigenvalue weighted by Gasteiger charge is -2.30. The molecule has 1 saturated heterocycles. The third-order valence-corrected chi connectivity index (χ3v) is 6.33. The number of H-pyrrole nitrogens is 1. The molecule has 3 N–H and O–H groups in total. The number of piperidine rings is 1. The summed E-state index contributed by atoms with van der Waals surface area (Å²) in [4.78, 5) is 55.8. The van der Waals surface area contributed by atoms with Crippen molar-refractivity contribution in [2.45, 2.75) is 52.5 Å². The van der Waals surface area contributed by atoms with Crippen molar-refractivity contribution in [3.05, 3.63) is 30.0 Å². The Bertz CT molecular complexity index is 1080. The number of rotatable bonds is 11. The Labute approximate surface area is 206 Å². The first-order valence-corrected chi connectivity index (χ1v) is 12.3. The highest BCUT2D eigenvalue weighted by Crippen LogP contribution is 2.26. The lowest BCUT2D eigenvalue weighted by molar-refractivity contribution is -0.138. The van der Waals surface area contributed by atoms with Crippen LogP contribution in [0.2, 0.25) is 0 Å². The SMILES string of the molecule is CCC(=O)N(CC(=O)[C@H](CC(C)C)NC(=O)c1cc2c(OC)cccc2[nH]1)C[C@@H]1CCCNC1=O. The third kappa shape index (κ3) is 6.61. The maximum absolute atomic E-state index is 13.3. The molecule has 1 aromatic carbocycles. The van der Waals surface area contributed by atoms with Crippen LogP contribution < -0.4 is 15.4 Å². The molecule has 1 fully saturated rings. The summed E-state index contributed by atoms with van der Waals surface area (Å²) in [5.74, 6) is -0.458. The highest BCUT2D eigenvalue weighted by Gasteiger charge is 2.30. The zero-order chi connectivity index (χ0) is 25.5. The van der Waals surface area contributed by atoms with Crippen LogP contribution in [0.3, 0.4) is 0 Å². The summed E-state index contributed by atoms with van der Waals surface area (Å²) in [6.45, 7) is 6.38. The third-order valence-electron chi connectivity index (χ3n) is 6.33. The van der Waals surface area contributed by atoms with Gasteiger partial charge in [0.25, 0.3) is 5.91 Å². The van der Waals surface area contributed by atoms with Crippen LogP contribution in [0.1, 0.15) is 56.9 Å². The van der Waals surface area contributed by atoms with Gasteiger partial charge >= 0.3 is 0 Å². The van der Waals surface area contributed by atoms with Crippen LogP contribution in [0.15, 0.2) is 24.3 Å². The summed E-state index contributed by atoms with van der Waals surface area (Å²) in [7, 11) is 1.57. The van der Waals surface area contributed by atoms with Crippen molar-refractivity contribution in [3.63, 3.8) is 0 Å². The molecule has 35 heavy (non-hydrogen) atoms. The predicted octanol–water partition coefficient (Wildman–Crippen LogP) is 2.65. The molecule has 0 spiro atoms. The van der Waals surface area contributed by atoms with Crippen molar-refractivity contribution in [2.75, 3.05) is 26.7 Å². The number of Topliss-reactive ketones (excluding diaryl/α,β-unsaturated/α-hetero) is 1. The van der Waals surface area contributed by atoms with E-state index in [9.17, 15) is 19.2 Å². The zero-order valence-electron chi connectivity index (χ0n) is 21.0. The number of ketones is 1. The van der Waals surface area contributed by atoms with Gasteiger partial charge in [-0.2, -0.15) is 0 Å². The van der Waals surface area contributed by atoms with E-state index >= 15 is 0 Å². The number of benzene rings is 1. The van der Waals surface area contributed by atoms with E-state index in [-0.39, 0.29) is 48.9 Å². The van der Waals surface area contributed by atoms with Crippen LogP contribution in [-0.2, 0) is 14.4 Å². The van der Waals surface area contributed by atoms with Crippen LogP contribution in [-0.4, -0.2) is 66.2 Å². The number of hydrogen-bond donors (Lipinski definition) is 3. The van der Waals surface area contributed by atoms with E-state index < -0.39 is 11.9 Å². The first-order valence-electron chi connectivity index (χ1n) is 12.3. The molecule has 3 rings (SSSR count). The Kier molecular flexibility index (Phi) is 8.89. The average molecular weight is 485 g/mol. The molecule has 1 aliphatic rings. The molecule has 1 aliphatic heterocycles. The summed E-state index contributed by atoms with van der Waals surface area (Å²) in [6, 6.07) is 6.43. The Morgan fingerprint density at radius 3 is 2.69 bits per heavy atom. The topological polar surface area (TPSA) is 121 Å². The molecule has 2 heterocycles. The standard InChI is InChI=1S/C26H36N4O5/c1-5-24(32)30(14-17-8-7-11-27-25(17)33)15-22(31)20(12-16(2)3)29-26(34)21-13-18-19(28-21)9-6-10-23(18)35-4/h6,9-10,13,16-17,20,28H,5,7-8,11-12,14-15H2,1-4H3,(H,27,33)(H,29,34)/t17-,20-/m0/s1. The van der Waals surface area contributed by atoms with Crippen molar-refractivity contribution in [3.8, 4) is 5.75 Å². The number of aromatic nitrogens is 1. The maximum atomic E-state index is 13.3. The Morgan fingerprint density at radius 1 is 1.26 bits per heavy atom. The van der Waals surface area contributed by atoms with Crippen molar-refractivity contribution < 1.29 is 23.9 Å². The summed E-state index contributed by atoms with van der Waals surface area (Å²) in [5.41, 5.74) is 1.08. The van der Waals surface area contributed by atoms with Crippen LogP contribution >= 0.6 is 0 Å². The number of carbonyl (C=O) groups is 4. The van der Waals surface area contributed by atoms with Gasteiger partial charge in [0.2, 0.25) is 11.8 Å². The van der Waals surface area contributed by atoms with Crippen LogP contribution in [0.4, 0.5) is 0 Å². The lowest BCUT2D eigenvalue weighted by Crippen LogP contribution is -2.50. The molecule has 0 bridgehead atoms. The number of amides is 3. The molecule has 9 heteroatoms. The van der Waals surface area contributed by atoms with Gasteiger partial charge in [-0.15, -0.1) is 0 Å². The van der Waals surface area contributed by atoms with Crippen LogP contribution in [0, 0.1) is 11.8 Å². The number of nitrogens with one attached hydrogen (secondary N) is 3. The zero-order valence-corrected chi connectivity index (χ0v) is 21.0. The van der Waals surface area contributed by atoms with Crippen molar-refractivity contribution >= 4 is 34.4 Å². The van der Waals surface area contributed by atoms with Gasteiger partial charge in [-0.3, -0.25) is 19.2 Å². The number of nitrogens with zero attached hydrogens (tertiary/aromatic N) is 1. The first-order chi connectivity index (χ1) is 16.7. The average Bonchev–Trinajstić information content (AvgIpc) is 3.28. The quantitative estimate of drug-likeness (QED) is 0.453. The number of fused-ring (bicyclic) bond motifs is 1. The highest BCUT2D eigenvalue weighted by molar-refractivity contribution is 6.02. The maximum Gasteiger partial charge on any atom is 0.268 e. The molecule has 0 aliphatic carbocycles. The fraction of sp³-hybridized carbons (Fsp3) is 0.538. The summed E-state index contributed by atoms with van der Waals surface area (Å²) < 4.78 is 5.37. The van der Waals surface area contributed by atoms with Gasteiger partial charge in [0.1, 0.15) is 11.4 Å². The normalized spacial score (nSPS) is 16.6. The molecule has 1 aromatic heterocycles. The fourth-order valence-corrected chi connectivity index (χ4v) is 4.46. The van der Waals surface area contributed by atoms with Gasteiger partial charge in [-0.1, -0.05) is 26.8 Å². The second kappa shape index (κ2) is 11.9. The van der Waals surface area contributed by atoms with E-state index in [4.69, 9.17) is 4.74 Å². The second-order valence-corrected chi connectivity index (χ2v) is 9.48. The molecule has 2 atom stereocenters. The molecular weight excluding hydrogens is 448 g/mol. The van der Waals surface area contributed by atoms with Crippen molar-refractivity contribution in [2.24, 2.45) is 11.8 Å². The molecule has 190 valence electrons. The van der Waals surface area contributed by atoms with E-state index in [2.05, 4.69) is 15.6 Å². The predicted molar refractivity (Wildman–Crippen MR) is 133 cm³/mol. The van der Waals surface area contributed by atoms with E-state index in [1.807, 2.05) is 32.0 Å². The largest absolute Gasteiger partial charge is 0.496 e. The van der Waals surface area contributed by atoms with Crippen LogP contribution in [0.25, 0.3) is 10.9 Å². The van der Waals surface area contributed by atoms with E-state index in [0.29, 0.717) is 30.8 Å². The summed E-state index contributed by atoms with van der Waals surface area (Å²) in [5, 5.41) is 6.46. The Balaban J connectivity index is 1.75. The second-order valence-electron chi connectivity index (χ2n) is 9.48. The van der Waals surface area contributed by atoms with Gasteiger partial charge < -0.3 is 25.3 Å². The Hall–Kier alpha value is -3.36. The van der Waals surface area contributed by atoms with E-state index in [0.717, 1.165) is 17.3 Å². The van der Waals surface area contributed by atoms with E-state index in [1.54, 1.807) is 20.1 Å². The molecule has 9 nitrogen and oxygen atoms in total. The van der Waals surface area contributed by atoms with Crippen LogP contribution in [0.5, 0.6) is 5.75 Å². The van der Waals surface area contributed by atoms with E-state index in [1.165, 1.54) is 4.90 Å². The summed E-state index contributed by atoms with van der Waals surface area (Å²) in [6.07, 6.45) is 2.20. The minimum absolute atomic E-state index is 0.0844. The number of hydrogen-bond acceptors (Lipinski definition) is 5. The van der Waals surface area contributed by atoms with Crippen molar-refractivity contribution in [1.82, 2.24) is 20.5 Å². The monoisotopic (exact) mass is 484 g/mol. The van der Waals surface area contributed by atoms with Crippen molar-refractivity contribution in [1.29, 1.82) is 0 Å². The molecule has 0 unspecified atom stereocenters. The molecule has 2 aromatic rings. The summed E-state index contributed by atoms with van der Waals surface area (Å²) >= 11 is 0. The molecule has 0 radical (unpaired) electrons. The number of carbonyl (C=O) groups excluding carboxylic acids is 4. The van der Waals surface area contributed by atoms with Gasteiger partial charge in [0, 0.05) is 30.4 Å². The lowest BCUT2D eigenvalue weighted by atomic mass is 9.96. The fourth-order valence-electron chi connectivity index (χ4n) is 4.46. The van der Waals surface area contributed by atoms with Gasteiger partial charge in [0.05, 0.1) is 25.6 Å². The smallest absolute Gasteiger partial charge is 0.268 e. The molecular formula is C26H36N4O5. The molecule has 0 saturated carbocycles. The van der Waals surface area contributed by atoms with Gasteiger partial charge in [-0.05, 0) is 43.4 Å². The Morgan fingerprint density at radius 2 is 2.03 bits per heavy atom. The first kappa shape index (κ1) is 26.2. The van der Waals surface area contributed by atoms with Gasteiger partial charge in [0.15, 0.2) is 5.78 Å². The minimum atomic E-state index is -0.761. The highest BCUT2D eigenvalue weighted by atomic mass is 16.5. The minimum Gasteiger partial charge on any atom is -0.496 e. The number of methoxy groups -OCH3 is 1. The number of aromatic amines is 1.